The summed E-state index contributed by atoms with van der Waals surface area (Å²) in [7, 11) is 0. The Balaban J connectivity index is 3.30. The maximum atomic E-state index is 12.5. The molecule has 0 aromatic heterocycles. The maximum Gasteiger partial charge on any atom is 0.305 e. The molecule has 0 saturated heterocycles. The van der Waals surface area contributed by atoms with E-state index in [0.717, 1.165) is 38.5 Å². The van der Waals surface area contributed by atoms with Gasteiger partial charge in [0.1, 0.15) is 0 Å². The lowest BCUT2D eigenvalue weighted by molar-refractivity contribution is -0.143. The molecule has 1 amide bonds. The zero-order valence-electron chi connectivity index (χ0n) is 55.6. The molecular formula is C75H149NO5. The summed E-state index contributed by atoms with van der Waals surface area (Å²) in [5.74, 6) is -0.000224. The second-order valence-corrected chi connectivity index (χ2v) is 26.4. The highest BCUT2D eigenvalue weighted by Gasteiger charge is 2.20. The van der Waals surface area contributed by atoms with Crippen LogP contribution in [0.3, 0.4) is 0 Å². The van der Waals surface area contributed by atoms with E-state index in [1.54, 1.807) is 0 Å². The largest absolute Gasteiger partial charge is 0.466 e. The van der Waals surface area contributed by atoms with E-state index in [1.165, 1.54) is 372 Å². The van der Waals surface area contributed by atoms with Crippen LogP contribution in [-0.2, 0) is 14.3 Å². The molecule has 0 aliphatic carbocycles. The predicted octanol–water partition coefficient (Wildman–Crippen LogP) is 24.5. The summed E-state index contributed by atoms with van der Waals surface area (Å²) in [5.41, 5.74) is 0. The van der Waals surface area contributed by atoms with Crippen molar-refractivity contribution in [1.82, 2.24) is 5.32 Å². The molecule has 2 atom stereocenters. The fraction of sp³-hybridized carbons (Fsp3) is 0.973. The van der Waals surface area contributed by atoms with Crippen LogP contribution in [0.5, 0.6) is 0 Å². The van der Waals surface area contributed by atoms with E-state index in [9.17, 15) is 19.8 Å². The number of carbonyl (C=O) groups is 2. The molecule has 0 rings (SSSR count). The van der Waals surface area contributed by atoms with E-state index in [0.29, 0.717) is 25.9 Å². The van der Waals surface area contributed by atoms with Crippen molar-refractivity contribution in [2.24, 2.45) is 0 Å². The zero-order chi connectivity index (χ0) is 58.5. The van der Waals surface area contributed by atoms with Gasteiger partial charge in [0, 0.05) is 12.8 Å². The van der Waals surface area contributed by atoms with Crippen LogP contribution in [0.15, 0.2) is 0 Å². The summed E-state index contributed by atoms with van der Waals surface area (Å²) in [5, 5.41) is 23.4. The monoisotopic (exact) mass is 1140 g/mol. The Morgan fingerprint density at radius 2 is 0.506 bits per heavy atom. The smallest absolute Gasteiger partial charge is 0.305 e. The molecule has 0 radical (unpaired) electrons. The fourth-order valence-corrected chi connectivity index (χ4v) is 12.4. The first kappa shape index (κ1) is 79.9. The number of ether oxygens (including phenoxy) is 1. The minimum Gasteiger partial charge on any atom is -0.466 e. The van der Waals surface area contributed by atoms with Crippen LogP contribution in [0.4, 0.5) is 0 Å². The summed E-state index contributed by atoms with van der Waals surface area (Å²) in [4.78, 5) is 24.6. The number of aliphatic hydroxyl groups is 2. The first-order valence-electron chi connectivity index (χ1n) is 37.8. The topological polar surface area (TPSA) is 95.9 Å². The Kier molecular flexibility index (Phi) is 70.3. The molecule has 0 heterocycles. The third-order valence-corrected chi connectivity index (χ3v) is 18.2. The van der Waals surface area contributed by atoms with E-state index in [-0.39, 0.29) is 18.5 Å². The molecule has 0 aromatic rings. The molecule has 0 fully saturated rings. The minimum absolute atomic E-state index is 0.0260. The van der Waals surface area contributed by atoms with Crippen molar-refractivity contribution >= 4 is 11.9 Å². The van der Waals surface area contributed by atoms with Crippen LogP contribution in [0.1, 0.15) is 444 Å². The van der Waals surface area contributed by atoms with Gasteiger partial charge in [-0.05, 0) is 25.7 Å². The predicted molar refractivity (Wildman–Crippen MR) is 357 cm³/mol. The molecule has 0 spiro atoms. The standard InChI is InChI=1S/C75H149NO5/c1-3-5-7-9-11-13-15-17-19-36-41-45-49-53-57-61-65-69-75(80)81-70-66-62-58-54-50-46-42-38-35-33-31-29-27-25-23-21-22-24-26-28-30-32-34-37-40-44-48-52-56-60-64-68-74(79)76-72(71-77)73(78)67-63-59-55-51-47-43-39-20-18-16-14-12-10-8-6-4-2/h72-73,77-78H,3-71H2,1-2H3,(H,76,79). The summed E-state index contributed by atoms with van der Waals surface area (Å²) in [6.07, 6.45) is 87.5. The van der Waals surface area contributed by atoms with Crippen LogP contribution in [0.2, 0.25) is 0 Å². The minimum atomic E-state index is -0.660. The van der Waals surface area contributed by atoms with E-state index in [2.05, 4.69) is 19.2 Å². The number of carbonyl (C=O) groups excluding carboxylic acids is 2. The second kappa shape index (κ2) is 71.3. The van der Waals surface area contributed by atoms with Crippen molar-refractivity contribution < 1.29 is 24.5 Å². The molecule has 0 aromatic carbocycles. The van der Waals surface area contributed by atoms with Gasteiger partial charge < -0.3 is 20.3 Å². The Bertz CT molecular complexity index is 1180. The molecule has 3 N–H and O–H groups in total. The van der Waals surface area contributed by atoms with Crippen LogP contribution in [0, 0.1) is 0 Å². The lowest BCUT2D eigenvalue weighted by atomic mass is 10.0. The average Bonchev–Trinajstić information content (AvgIpc) is 3.47. The van der Waals surface area contributed by atoms with Crippen molar-refractivity contribution in [3.8, 4) is 0 Å². The quantitative estimate of drug-likeness (QED) is 0.0417. The Morgan fingerprint density at radius 3 is 0.753 bits per heavy atom. The van der Waals surface area contributed by atoms with Gasteiger partial charge in [-0.3, -0.25) is 9.59 Å². The number of amides is 1. The van der Waals surface area contributed by atoms with E-state index < -0.39 is 12.1 Å². The summed E-state index contributed by atoms with van der Waals surface area (Å²) < 4.78 is 5.51. The van der Waals surface area contributed by atoms with Gasteiger partial charge >= 0.3 is 5.97 Å². The average molecular weight is 1150 g/mol. The lowest BCUT2D eigenvalue weighted by Gasteiger charge is -2.22. The number of aliphatic hydroxyl groups excluding tert-OH is 2. The molecule has 0 aliphatic rings. The van der Waals surface area contributed by atoms with Gasteiger partial charge in [0.15, 0.2) is 0 Å². The summed E-state index contributed by atoms with van der Waals surface area (Å²) in [6.45, 7) is 5.01. The van der Waals surface area contributed by atoms with Crippen molar-refractivity contribution in [3.63, 3.8) is 0 Å². The van der Waals surface area contributed by atoms with Gasteiger partial charge in [0.05, 0.1) is 25.4 Å². The third kappa shape index (κ3) is 67.9. The molecule has 0 bridgehead atoms. The Hall–Kier alpha value is -1.14. The Morgan fingerprint density at radius 1 is 0.296 bits per heavy atom. The van der Waals surface area contributed by atoms with Crippen LogP contribution in [0.25, 0.3) is 0 Å². The van der Waals surface area contributed by atoms with Gasteiger partial charge in [-0.1, -0.05) is 406 Å². The van der Waals surface area contributed by atoms with Crippen LogP contribution >= 0.6 is 0 Å². The number of nitrogens with one attached hydrogen (secondary N) is 1. The third-order valence-electron chi connectivity index (χ3n) is 18.2. The maximum absolute atomic E-state index is 12.5. The van der Waals surface area contributed by atoms with Crippen molar-refractivity contribution in [2.75, 3.05) is 13.2 Å². The number of hydrogen-bond donors (Lipinski definition) is 3. The van der Waals surface area contributed by atoms with Gasteiger partial charge in [-0.15, -0.1) is 0 Å². The van der Waals surface area contributed by atoms with Crippen molar-refractivity contribution in [2.45, 2.75) is 456 Å². The van der Waals surface area contributed by atoms with E-state index in [1.807, 2.05) is 0 Å². The Labute approximate surface area is 508 Å². The van der Waals surface area contributed by atoms with Crippen LogP contribution in [-0.4, -0.2) is 47.4 Å². The van der Waals surface area contributed by atoms with Crippen molar-refractivity contribution in [1.29, 1.82) is 0 Å². The summed E-state index contributed by atoms with van der Waals surface area (Å²) in [6, 6.07) is -0.537. The molecule has 6 heteroatoms. The lowest BCUT2D eigenvalue weighted by Crippen LogP contribution is -2.45. The summed E-state index contributed by atoms with van der Waals surface area (Å²) >= 11 is 0. The fourth-order valence-electron chi connectivity index (χ4n) is 12.4. The molecule has 484 valence electrons. The normalized spacial score (nSPS) is 12.4. The molecule has 6 nitrogen and oxygen atoms in total. The highest BCUT2D eigenvalue weighted by atomic mass is 16.5. The number of rotatable bonds is 72. The van der Waals surface area contributed by atoms with Crippen LogP contribution < -0.4 is 5.32 Å². The second-order valence-electron chi connectivity index (χ2n) is 26.4. The van der Waals surface area contributed by atoms with Gasteiger partial charge in [0.2, 0.25) is 5.91 Å². The SMILES string of the molecule is CCCCCCCCCCCCCCCCCCCC(=O)OCCCCCCCCCCCCCCCCCCCCCCCCCCCCCCCCCC(=O)NC(CO)C(O)CCCCCCCCCCCCCCCCCC. The zero-order valence-corrected chi connectivity index (χ0v) is 55.6. The first-order valence-corrected chi connectivity index (χ1v) is 37.8. The van der Waals surface area contributed by atoms with Gasteiger partial charge in [-0.25, -0.2) is 0 Å². The van der Waals surface area contributed by atoms with Gasteiger partial charge in [-0.2, -0.15) is 0 Å². The number of hydrogen-bond acceptors (Lipinski definition) is 5. The molecule has 0 aliphatic heterocycles. The number of unbranched alkanes of at least 4 members (excludes halogenated alkanes) is 61. The molecule has 2 unspecified atom stereocenters. The van der Waals surface area contributed by atoms with Gasteiger partial charge in [0.25, 0.3) is 0 Å². The number of esters is 1. The highest BCUT2D eigenvalue weighted by molar-refractivity contribution is 5.76. The van der Waals surface area contributed by atoms with Crippen molar-refractivity contribution in [3.05, 3.63) is 0 Å². The van der Waals surface area contributed by atoms with E-state index >= 15 is 0 Å². The van der Waals surface area contributed by atoms with E-state index in [4.69, 9.17) is 4.74 Å². The molecule has 0 saturated carbocycles. The first-order chi connectivity index (χ1) is 40.0. The molecule has 81 heavy (non-hydrogen) atoms. The highest BCUT2D eigenvalue weighted by Crippen LogP contribution is 2.20. The molecular weight excluding hydrogens is 995 g/mol.